The second-order valence-electron chi connectivity index (χ2n) is 9.89. The Balaban J connectivity index is 2.18. The lowest BCUT2D eigenvalue weighted by Gasteiger charge is -2.16. The molecule has 3 rings (SSSR count). The smallest absolute Gasteiger partial charge is 0.335 e. The fourth-order valence-corrected chi connectivity index (χ4v) is 4.71. The third-order valence-corrected chi connectivity index (χ3v) is 6.83. The van der Waals surface area contributed by atoms with E-state index in [1.165, 1.54) is 0 Å². The van der Waals surface area contributed by atoms with Crippen LogP contribution in [0.2, 0.25) is 0 Å². The van der Waals surface area contributed by atoms with Crippen molar-refractivity contribution in [1.82, 2.24) is 4.98 Å². The minimum atomic E-state index is -0.956. The Kier molecular flexibility index (Phi) is 10.0. The van der Waals surface area contributed by atoms with E-state index in [9.17, 15) is 9.90 Å². The number of carboxylic acid groups (broad SMARTS) is 1. The van der Waals surface area contributed by atoms with E-state index in [1.807, 2.05) is 50.3 Å². The zero-order valence-electron chi connectivity index (χ0n) is 24.2. The SMILES string of the molecule is C=C=C(C)C(C1=CC(=C)C=C(C(=CC(C)=CC(C)c2ccccn2)c2ccc(C(=O)O)cc2)C(C)=C1)=C(C)OC. The van der Waals surface area contributed by atoms with Gasteiger partial charge in [0.25, 0.3) is 0 Å². The fourth-order valence-electron chi connectivity index (χ4n) is 4.71. The first-order valence-corrected chi connectivity index (χ1v) is 13.1. The van der Waals surface area contributed by atoms with Crippen LogP contribution in [0, 0.1) is 0 Å². The standard InChI is InChI=1S/C36H37NO3/c1-9-25(4)35(28(7)40-8)31-19-24(3)20-32(26(5)22-31)33(29-13-15-30(16-14-29)36(38)39)21-23(2)18-27(6)34-12-10-11-17-37-34/h10-22,27H,1,3H2,2,4-8H3,(H,38,39). The summed E-state index contributed by atoms with van der Waals surface area (Å²) in [4.78, 5) is 16.0. The van der Waals surface area contributed by atoms with Gasteiger partial charge in [-0.15, -0.1) is 5.73 Å². The predicted octanol–water partition coefficient (Wildman–Crippen LogP) is 8.93. The summed E-state index contributed by atoms with van der Waals surface area (Å²) in [7, 11) is 1.65. The lowest BCUT2D eigenvalue weighted by molar-refractivity contribution is 0.0697. The van der Waals surface area contributed by atoms with E-state index in [2.05, 4.69) is 68.9 Å². The number of methoxy groups -OCH3 is 1. The van der Waals surface area contributed by atoms with Gasteiger partial charge in [-0.05, 0) is 97.5 Å². The Labute approximate surface area is 238 Å². The summed E-state index contributed by atoms with van der Waals surface area (Å²) in [5.41, 5.74) is 12.8. The second kappa shape index (κ2) is 13.4. The number of hydrogen-bond donors (Lipinski definition) is 1. The van der Waals surface area contributed by atoms with Crippen molar-refractivity contribution in [3.8, 4) is 0 Å². The molecule has 0 bridgehead atoms. The Hall–Kier alpha value is -4.66. The highest BCUT2D eigenvalue weighted by atomic mass is 16.5. The first-order valence-electron chi connectivity index (χ1n) is 13.1. The molecule has 4 nitrogen and oxygen atoms in total. The van der Waals surface area contributed by atoms with Gasteiger partial charge in [0, 0.05) is 29.0 Å². The topological polar surface area (TPSA) is 59.4 Å². The maximum Gasteiger partial charge on any atom is 0.335 e. The Morgan fingerprint density at radius 3 is 2.30 bits per heavy atom. The Morgan fingerprint density at radius 1 is 1.05 bits per heavy atom. The Morgan fingerprint density at radius 2 is 1.73 bits per heavy atom. The number of hydrogen-bond acceptors (Lipinski definition) is 3. The van der Waals surface area contributed by atoms with Crippen LogP contribution in [0.5, 0.6) is 0 Å². The molecular formula is C36H37NO3. The fraction of sp³-hybridized carbons (Fsp3) is 0.194. The monoisotopic (exact) mass is 531 g/mol. The lowest BCUT2D eigenvalue weighted by atomic mass is 9.89. The molecule has 0 spiro atoms. The molecule has 1 aliphatic rings. The van der Waals surface area contributed by atoms with E-state index in [1.54, 1.807) is 25.4 Å². The molecule has 1 N–H and O–H groups in total. The number of nitrogens with zero attached hydrogens (tertiary/aromatic N) is 1. The van der Waals surface area contributed by atoms with Gasteiger partial charge in [-0.3, -0.25) is 4.98 Å². The lowest BCUT2D eigenvalue weighted by Crippen LogP contribution is -1.99. The maximum atomic E-state index is 11.5. The van der Waals surface area contributed by atoms with Gasteiger partial charge in [-0.2, -0.15) is 0 Å². The van der Waals surface area contributed by atoms with Crippen molar-refractivity contribution in [3.05, 3.63) is 160 Å². The van der Waals surface area contributed by atoms with Gasteiger partial charge >= 0.3 is 5.97 Å². The summed E-state index contributed by atoms with van der Waals surface area (Å²) in [6.07, 6.45) is 12.4. The molecule has 0 amide bonds. The summed E-state index contributed by atoms with van der Waals surface area (Å²) in [6, 6.07) is 12.9. The number of aromatic nitrogens is 1. The molecule has 1 aromatic heterocycles. The summed E-state index contributed by atoms with van der Waals surface area (Å²) >= 11 is 0. The molecule has 40 heavy (non-hydrogen) atoms. The van der Waals surface area contributed by atoms with E-state index in [0.29, 0.717) is 0 Å². The number of aromatic carboxylic acids is 1. The van der Waals surface area contributed by atoms with Crippen molar-refractivity contribution < 1.29 is 14.6 Å². The predicted molar refractivity (Wildman–Crippen MR) is 165 cm³/mol. The van der Waals surface area contributed by atoms with Crippen LogP contribution in [0.15, 0.2) is 143 Å². The van der Waals surface area contributed by atoms with Crippen LogP contribution in [-0.2, 0) is 4.74 Å². The third kappa shape index (κ3) is 7.25. The molecule has 4 heteroatoms. The van der Waals surface area contributed by atoms with Crippen molar-refractivity contribution in [2.75, 3.05) is 7.11 Å². The molecule has 0 aliphatic heterocycles. The molecule has 0 saturated carbocycles. The van der Waals surface area contributed by atoms with E-state index in [0.717, 1.165) is 61.6 Å². The highest BCUT2D eigenvalue weighted by molar-refractivity contribution is 5.90. The average molecular weight is 532 g/mol. The highest BCUT2D eigenvalue weighted by Gasteiger charge is 2.18. The zero-order valence-corrected chi connectivity index (χ0v) is 24.2. The molecule has 1 atom stereocenters. The first-order chi connectivity index (χ1) is 19.0. The van der Waals surface area contributed by atoms with E-state index in [4.69, 9.17) is 4.74 Å². The minimum absolute atomic E-state index is 0.120. The third-order valence-electron chi connectivity index (χ3n) is 6.83. The summed E-state index contributed by atoms with van der Waals surface area (Å²) in [5, 5.41) is 9.45. The largest absolute Gasteiger partial charge is 0.501 e. The van der Waals surface area contributed by atoms with Gasteiger partial charge in [0.2, 0.25) is 0 Å². The molecule has 0 fully saturated rings. The van der Waals surface area contributed by atoms with Crippen LogP contribution >= 0.6 is 0 Å². The van der Waals surface area contributed by atoms with Gasteiger partial charge in [0.05, 0.1) is 12.7 Å². The second-order valence-corrected chi connectivity index (χ2v) is 9.89. The average Bonchev–Trinajstić information content (AvgIpc) is 3.09. The number of allylic oxidation sites excluding steroid dienone is 14. The highest BCUT2D eigenvalue weighted by Crippen LogP contribution is 2.36. The normalized spacial score (nSPS) is 15.6. The van der Waals surface area contributed by atoms with Gasteiger partial charge in [0.1, 0.15) is 5.76 Å². The number of carboxylic acids is 1. The van der Waals surface area contributed by atoms with Crippen molar-refractivity contribution in [2.45, 2.75) is 40.5 Å². The number of benzene rings is 1. The van der Waals surface area contributed by atoms with Crippen LogP contribution in [0.25, 0.3) is 5.57 Å². The van der Waals surface area contributed by atoms with Gasteiger partial charge in [0.15, 0.2) is 0 Å². The molecule has 0 saturated heterocycles. The van der Waals surface area contributed by atoms with E-state index in [-0.39, 0.29) is 11.5 Å². The van der Waals surface area contributed by atoms with Crippen LogP contribution in [0.3, 0.4) is 0 Å². The maximum absolute atomic E-state index is 11.5. The number of carbonyl (C=O) groups is 1. The number of rotatable bonds is 9. The van der Waals surface area contributed by atoms with E-state index >= 15 is 0 Å². The minimum Gasteiger partial charge on any atom is -0.501 e. The van der Waals surface area contributed by atoms with Crippen molar-refractivity contribution in [1.29, 1.82) is 0 Å². The molecule has 1 aromatic carbocycles. The molecule has 204 valence electrons. The van der Waals surface area contributed by atoms with Crippen LogP contribution in [0.4, 0.5) is 0 Å². The quantitative estimate of drug-likeness (QED) is 0.199. The summed E-state index contributed by atoms with van der Waals surface area (Å²) in [6.45, 7) is 18.3. The van der Waals surface area contributed by atoms with E-state index < -0.39 is 5.97 Å². The molecule has 1 aliphatic carbocycles. The molecule has 2 aromatic rings. The zero-order chi connectivity index (χ0) is 29.4. The van der Waals surface area contributed by atoms with Crippen molar-refractivity contribution in [2.24, 2.45) is 0 Å². The van der Waals surface area contributed by atoms with Crippen LogP contribution in [0.1, 0.15) is 62.2 Å². The molecule has 0 radical (unpaired) electrons. The van der Waals surface area contributed by atoms with Crippen LogP contribution in [-0.4, -0.2) is 23.2 Å². The number of pyridine rings is 1. The molecular weight excluding hydrogens is 494 g/mol. The first kappa shape index (κ1) is 29.9. The van der Waals surface area contributed by atoms with Crippen LogP contribution < -0.4 is 0 Å². The Bertz CT molecular complexity index is 1530. The van der Waals surface area contributed by atoms with Gasteiger partial charge in [-0.25, -0.2) is 4.79 Å². The number of ether oxygens (including phenoxy) is 1. The molecule has 1 unspecified atom stereocenters. The van der Waals surface area contributed by atoms with Crippen molar-refractivity contribution >= 4 is 11.5 Å². The summed E-state index contributed by atoms with van der Waals surface area (Å²) < 4.78 is 5.60. The summed E-state index contributed by atoms with van der Waals surface area (Å²) in [5.74, 6) is -0.0697. The van der Waals surface area contributed by atoms with Crippen molar-refractivity contribution in [3.63, 3.8) is 0 Å². The molecule has 1 heterocycles. The van der Waals surface area contributed by atoms with Gasteiger partial charge < -0.3 is 9.84 Å². The van der Waals surface area contributed by atoms with Gasteiger partial charge in [-0.1, -0.05) is 62.1 Å².